The Morgan fingerprint density at radius 2 is 2.05 bits per heavy atom. The lowest BCUT2D eigenvalue weighted by Crippen LogP contribution is -2.34. The molecule has 1 atom stereocenters. The van der Waals surface area contributed by atoms with Crippen LogP contribution in [0.15, 0.2) is 49.3 Å². The van der Waals surface area contributed by atoms with E-state index in [-0.39, 0.29) is 17.9 Å². The zero-order valence-corrected chi connectivity index (χ0v) is 22.0. The average molecular weight is 516 g/mol. The minimum Gasteiger partial charge on any atom is -0.389 e. The van der Waals surface area contributed by atoms with Crippen molar-refractivity contribution in [3.05, 3.63) is 60.6 Å². The molecule has 0 spiro atoms. The molecule has 0 radical (unpaired) electrons. The highest BCUT2D eigenvalue weighted by Crippen LogP contribution is 2.33. The Morgan fingerprint density at radius 3 is 2.79 bits per heavy atom. The largest absolute Gasteiger partial charge is 0.389 e. The van der Waals surface area contributed by atoms with Crippen molar-refractivity contribution in [1.29, 1.82) is 0 Å². The SMILES string of the molecule is C=CC(=O)N1CCCC[C@@H](n2c(NC(=O)c3ccnc(C)c3)nc3cc4cnn(CC(C)(C)O)c4cc32)C1. The van der Waals surface area contributed by atoms with Gasteiger partial charge >= 0.3 is 0 Å². The number of hydrogen-bond acceptors (Lipinski definition) is 6. The normalized spacial score (nSPS) is 16.5. The summed E-state index contributed by atoms with van der Waals surface area (Å²) >= 11 is 0. The molecule has 198 valence electrons. The van der Waals surface area contributed by atoms with Gasteiger partial charge < -0.3 is 14.6 Å². The van der Waals surface area contributed by atoms with E-state index < -0.39 is 5.60 Å². The van der Waals surface area contributed by atoms with Crippen LogP contribution in [-0.2, 0) is 11.3 Å². The lowest BCUT2D eigenvalue weighted by molar-refractivity contribution is -0.126. The summed E-state index contributed by atoms with van der Waals surface area (Å²) in [6, 6.07) is 7.25. The van der Waals surface area contributed by atoms with E-state index in [1.807, 2.05) is 28.5 Å². The molecule has 1 aliphatic rings. The van der Waals surface area contributed by atoms with Gasteiger partial charge in [-0.25, -0.2) is 4.98 Å². The lowest BCUT2D eigenvalue weighted by Gasteiger charge is -2.26. The summed E-state index contributed by atoms with van der Waals surface area (Å²) < 4.78 is 3.82. The Bertz CT molecular complexity index is 1530. The van der Waals surface area contributed by atoms with E-state index >= 15 is 0 Å². The number of likely N-dealkylation sites (tertiary alicyclic amines) is 1. The number of rotatable bonds is 6. The second-order valence-corrected chi connectivity index (χ2v) is 10.6. The molecular formula is C28H33N7O3. The van der Waals surface area contributed by atoms with E-state index in [4.69, 9.17) is 4.98 Å². The van der Waals surface area contributed by atoms with Crippen LogP contribution in [0.1, 0.15) is 55.2 Å². The number of amides is 2. The standard InChI is InChI=1S/C28H33N7O3/c1-5-25(36)33-11-7-6-8-21(16-33)35-24-14-23-20(15-30-34(23)17-28(3,4)38)13-22(24)31-27(35)32-26(37)19-9-10-29-18(2)12-19/h5,9-10,12-15,21,38H,1,6-8,11,16-17H2,2-4H3,(H,31,32,37)/t21-/m1/s1. The smallest absolute Gasteiger partial charge is 0.258 e. The number of imidazole rings is 1. The Hall–Kier alpha value is -4.05. The summed E-state index contributed by atoms with van der Waals surface area (Å²) in [7, 11) is 0. The van der Waals surface area contributed by atoms with Crippen molar-refractivity contribution in [3.8, 4) is 0 Å². The Labute approximate surface area is 221 Å². The molecule has 10 heteroatoms. The first-order valence-corrected chi connectivity index (χ1v) is 12.9. The van der Waals surface area contributed by atoms with E-state index in [2.05, 4.69) is 22.0 Å². The third kappa shape index (κ3) is 5.17. The number of fused-ring (bicyclic) bond motifs is 2. The molecule has 1 saturated heterocycles. The summed E-state index contributed by atoms with van der Waals surface area (Å²) in [5.74, 6) is 0.0364. The summed E-state index contributed by atoms with van der Waals surface area (Å²) in [6.07, 6.45) is 7.36. The number of aliphatic hydroxyl groups is 1. The van der Waals surface area contributed by atoms with Crippen LogP contribution in [0.2, 0.25) is 0 Å². The van der Waals surface area contributed by atoms with Gasteiger partial charge in [-0.15, -0.1) is 0 Å². The summed E-state index contributed by atoms with van der Waals surface area (Å²) in [6.45, 7) is 10.5. The topological polar surface area (TPSA) is 118 Å². The van der Waals surface area contributed by atoms with Crippen LogP contribution in [0.3, 0.4) is 0 Å². The van der Waals surface area contributed by atoms with Crippen LogP contribution in [0, 0.1) is 6.92 Å². The van der Waals surface area contributed by atoms with Crippen molar-refractivity contribution in [2.45, 2.75) is 58.2 Å². The number of anilines is 1. The van der Waals surface area contributed by atoms with E-state index in [1.165, 1.54) is 6.08 Å². The van der Waals surface area contributed by atoms with Crippen LogP contribution in [0.25, 0.3) is 21.9 Å². The van der Waals surface area contributed by atoms with Crippen molar-refractivity contribution in [2.75, 3.05) is 18.4 Å². The molecule has 0 unspecified atom stereocenters. The lowest BCUT2D eigenvalue weighted by atomic mass is 10.1. The molecule has 5 rings (SSSR count). The predicted octanol–water partition coefficient (Wildman–Crippen LogP) is 3.85. The van der Waals surface area contributed by atoms with Crippen LogP contribution >= 0.6 is 0 Å². The fraction of sp³-hybridized carbons (Fsp3) is 0.393. The van der Waals surface area contributed by atoms with E-state index in [0.29, 0.717) is 36.7 Å². The molecule has 0 saturated carbocycles. The molecule has 38 heavy (non-hydrogen) atoms. The Balaban J connectivity index is 1.64. The average Bonchev–Trinajstić information content (AvgIpc) is 3.30. The Morgan fingerprint density at radius 1 is 1.24 bits per heavy atom. The van der Waals surface area contributed by atoms with Crippen molar-refractivity contribution in [1.82, 2.24) is 29.2 Å². The quantitative estimate of drug-likeness (QED) is 0.377. The van der Waals surface area contributed by atoms with Gasteiger partial charge in [0.2, 0.25) is 11.9 Å². The molecule has 0 aliphatic carbocycles. The van der Waals surface area contributed by atoms with E-state index in [0.717, 1.165) is 41.4 Å². The predicted molar refractivity (Wildman–Crippen MR) is 146 cm³/mol. The van der Waals surface area contributed by atoms with Crippen molar-refractivity contribution in [2.24, 2.45) is 0 Å². The molecule has 2 N–H and O–H groups in total. The molecule has 4 aromatic rings. The fourth-order valence-corrected chi connectivity index (χ4v) is 5.14. The summed E-state index contributed by atoms with van der Waals surface area (Å²) in [5, 5.41) is 18.8. The van der Waals surface area contributed by atoms with Gasteiger partial charge in [-0.05, 0) is 70.4 Å². The fourth-order valence-electron chi connectivity index (χ4n) is 5.14. The maximum absolute atomic E-state index is 13.2. The third-order valence-electron chi connectivity index (χ3n) is 6.87. The first kappa shape index (κ1) is 25.6. The van der Waals surface area contributed by atoms with Gasteiger partial charge in [-0.2, -0.15) is 5.10 Å². The molecule has 1 aromatic carbocycles. The van der Waals surface area contributed by atoms with Gasteiger partial charge in [0, 0.05) is 35.9 Å². The number of carbonyl (C=O) groups excluding carboxylic acids is 2. The van der Waals surface area contributed by atoms with Gasteiger partial charge in [0.25, 0.3) is 5.91 Å². The minimum atomic E-state index is -0.942. The number of hydrogen-bond donors (Lipinski definition) is 2. The third-order valence-corrected chi connectivity index (χ3v) is 6.87. The first-order chi connectivity index (χ1) is 18.1. The molecule has 10 nitrogen and oxygen atoms in total. The molecule has 3 aromatic heterocycles. The molecule has 1 aliphatic heterocycles. The number of aryl methyl sites for hydroxylation is 1. The molecular weight excluding hydrogens is 482 g/mol. The number of aromatic nitrogens is 5. The number of nitrogens with one attached hydrogen (secondary N) is 1. The maximum Gasteiger partial charge on any atom is 0.258 e. The molecule has 0 bridgehead atoms. The molecule has 4 heterocycles. The minimum absolute atomic E-state index is 0.107. The zero-order chi connectivity index (χ0) is 27.0. The van der Waals surface area contributed by atoms with Crippen molar-refractivity contribution >= 4 is 39.7 Å². The van der Waals surface area contributed by atoms with Crippen molar-refractivity contribution in [3.63, 3.8) is 0 Å². The second kappa shape index (κ2) is 10.0. The van der Waals surface area contributed by atoms with Crippen LogP contribution in [-0.4, -0.2) is 64.8 Å². The second-order valence-electron chi connectivity index (χ2n) is 10.6. The Kier molecular flexibility index (Phi) is 6.75. The number of carbonyl (C=O) groups is 2. The van der Waals surface area contributed by atoms with Crippen LogP contribution < -0.4 is 5.32 Å². The highest BCUT2D eigenvalue weighted by molar-refractivity contribution is 6.04. The summed E-state index contributed by atoms with van der Waals surface area (Å²) in [4.78, 5) is 36.6. The number of benzene rings is 1. The van der Waals surface area contributed by atoms with Crippen molar-refractivity contribution < 1.29 is 14.7 Å². The van der Waals surface area contributed by atoms with Gasteiger partial charge in [-0.1, -0.05) is 6.58 Å². The highest BCUT2D eigenvalue weighted by Gasteiger charge is 2.27. The van der Waals surface area contributed by atoms with Gasteiger partial charge in [0.15, 0.2) is 0 Å². The molecule has 2 amide bonds. The first-order valence-electron chi connectivity index (χ1n) is 12.9. The monoisotopic (exact) mass is 515 g/mol. The summed E-state index contributed by atoms with van der Waals surface area (Å²) in [5.41, 5.74) is 2.70. The highest BCUT2D eigenvalue weighted by atomic mass is 16.3. The van der Waals surface area contributed by atoms with Gasteiger partial charge in [0.05, 0.1) is 40.9 Å². The van der Waals surface area contributed by atoms with E-state index in [9.17, 15) is 14.7 Å². The maximum atomic E-state index is 13.2. The van der Waals surface area contributed by atoms with E-state index in [1.54, 1.807) is 43.1 Å². The van der Waals surface area contributed by atoms with Crippen LogP contribution in [0.4, 0.5) is 5.95 Å². The van der Waals surface area contributed by atoms with Gasteiger partial charge in [-0.3, -0.25) is 24.6 Å². The number of pyridine rings is 1. The number of nitrogens with zero attached hydrogens (tertiary/aromatic N) is 6. The van der Waals surface area contributed by atoms with Gasteiger partial charge in [0.1, 0.15) is 0 Å². The zero-order valence-electron chi connectivity index (χ0n) is 22.0. The van der Waals surface area contributed by atoms with Crippen LogP contribution in [0.5, 0.6) is 0 Å². The molecule has 1 fully saturated rings.